The van der Waals surface area contributed by atoms with Crippen LogP contribution in [0.4, 0.5) is 9.80 Å². The zero-order valence-corrected chi connectivity index (χ0v) is 15.4. The minimum Gasteiger partial charge on any atom is -0.461 e. The molecular weight excluding hydrogens is 342 g/mol. The molecule has 0 aromatic carbocycles. The van der Waals surface area contributed by atoms with Crippen LogP contribution < -0.4 is 5.32 Å². The van der Waals surface area contributed by atoms with Gasteiger partial charge in [-0.1, -0.05) is 10.9 Å². The number of piperidine rings is 2. The molecule has 2 aliphatic heterocycles. The molecule has 1 aromatic heterocycles. The van der Waals surface area contributed by atoms with E-state index in [1.54, 1.807) is 11.8 Å². The van der Waals surface area contributed by atoms with Crippen LogP contribution in [-0.4, -0.2) is 70.2 Å². The fraction of sp³-hybridized carbons (Fsp3) is 0.750. The summed E-state index contributed by atoms with van der Waals surface area (Å²) in [7, 11) is 0. The summed E-state index contributed by atoms with van der Waals surface area (Å²) in [5.41, 5.74) is 0.0726. The van der Waals surface area contributed by atoms with Gasteiger partial charge in [-0.05, 0) is 45.7 Å². The van der Waals surface area contributed by atoms with Crippen LogP contribution in [0.5, 0.6) is 0 Å². The summed E-state index contributed by atoms with van der Waals surface area (Å²) < 4.78 is 8.68. The summed E-state index contributed by atoms with van der Waals surface area (Å²) in [5.74, 6) is -0.560. The monoisotopic (exact) mass is 367 g/mol. The molecule has 3 rings (SSSR count). The van der Waals surface area contributed by atoms with E-state index >= 15 is 0 Å². The van der Waals surface area contributed by atoms with Crippen LogP contribution in [0.2, 0.25) is 0 Å². The van der Waals surface area contributed by atoms with Gasteiger partial charge in [0.15, 0.2) is 5.00 Å². The molecule has 0 spiro atoms. The first-order valence-corrected chi connectivity index (χ1v) is 9.76. The van der Waals surface area contributed by atoms with E-state index in [-0.39, 0.29) is 18.3 Å². The van der Waals surface area contributed by atoms with Crippen LogP contribution in [0.1, 0.15) is 49.5 Å². The number of aromatic nitrogens is 2. The van der Waals surface area contributed by atoms with E-state index in [1.165, 1.54) is 32.4 Å². The molecule has 0 unspecified atom stereocenters. The van der Waals surface area contributed by atoms with E-state index in [0.29, 0.717) is 11.0 Å². The number of hydrogen-bond donors (Lipinski definition) is 1. The normalized spacial score (nSPS) is 19.6. The van der Waals surface area contributed by atoms with Crippen molar-refractivity contribution in [3.05, 3.63) is 5.69 Å². The molecule has 1 aromatic rings. The quantitative estimate of drug-likeness (QED) is 0.821. The molecular formula is C16H25N5O3S. The number of carbonyl (C=O) groups excluding carboxylic acids is 2. The van der Waals surface area contributed by atoms with Gasteiger partial charge < -0.3 is 14.5 Å². The van der Waals surface area contributed by atoms with Gasteiger partial charge in [-0.2, -0.15) is 0 Å². The van der Waals surface area contributed by atoms with Gasteiger partial charge >= 0.3 is 12.0 Å². The van der Waals surface area contributed by atoms with Gasteiger partial charge in [0, 0.05) is 30.7 Å². The first-order valence-electron chi connectivity index (χ1n) is 8.98. The van der Waals surface area contributed by atoms with Crippen molar-refractivity contribution in [1.82, 2.24) is 19.4 Å². The summed E-state index contributed by atoms with van der Waals surface area (Å²) in [6.07, 6.45) is 5.91. The van der Waals surface area contributed by atoms with Crippen molar-refractivity contribution in [2.24, 2.45) is 0 Å². The number of hydrogen-bond acceptors (Lipinski definition) is 7. The molecule has 9 heteroatoms. The SMILES string of the molecule is CCOC(=O)c1nnsc1NC(=O)N1CCC(N2CCCCC2)CC1. The lowest BCUT2D eigenvalue weighted by Crippen LogP contribution is -2.49. The average Bonchev–Trinajstić information content (AvgIpc) is 3.11. The van der Waals surface area contributed by atoms with Crippen molar-refractivity contribution < 1.29 is 14.3 Å². The summed E-state index contributed by atoms with van der Waals surface area (Å²) in [4.78, 5) is 28.7. The van der Waals surface area contributed by atoms with Crippen LogP contribution >= 0.6 is 11.5 Å². The van der Waals surface area contributed by atoms with Crippen molar-refractivity contribution in [2.75, 3.05) is 38.1 Å². The summed E-state index contributed by atoms with van der Waals surface area (Å²) in [6.45, 7) is 5.82. The first kappa shape index (κ1) is 18.1. The lowest BCUT2D eigenvalue weighted by Gasteiger charge is -2.40. The molecule has 0 saturated carbocycles. The number of urea groups is 1. The third-order valence-corrected chi connectivity index (χ3v) is 5.48. The molecule has 0 bridgehead atoms. The van der Waals surface area contributed by atoms with Crippen molar-refractivity contribution in [3.63, 3.8) is 0 Å². The predicted octanol–water partition coefficient (Wildman–Crippen LogP) is 2.20. The number of nitrogens with one attached hydrogen (secondary N) is 1. The lowest BCUT2D eigenvalue weighted by molar-refractivity contribution is 0.0520. The second-order valence-electron chi connectivity index (χ2n) is 6.42. The first-order chi connectivity index (χ1) is 12.2. The highest BCUT2D eigenvalue weighted by Crippen LogP contribution is 2.23. The number of carbonyl (C=O) groups is 2. The van der Waals surface area contributed by atoms with Crippen LogP contribution in [0.15, 0.2) is 0 Å². The third-order valence-electron chi connectivity index (χ3n) is 4.84. The highest BCUT2D eigenvalue weighted by Gasteiger charge is 2.28. The number of nitrogens with zero attached hydrogens (tertiary/aromatic N) is 4. The zero-order valence-electron chi connectivity index (χ0n) is 14.6. The molecule has 25 heavy (non-hydrogen) atoms. The molecule has 0 aliphatic carbocycles. The molecule has 2 saturated heterocycles. The summed E-state index contributed by atoms with van der Waals surface area (Å²) >= 11 is 0.991. The van der Waals surface area contributed by atoms with Gasteiger partial charge in [0.05, 0.1) is 6.61 Å². The third kappa shape index (κ3) is 4.46. The summed E-state index contributed by atoms with van der Waals surface area (Å²) in [6, 6.07) is 0.387. The Bertz CT molecular complexity index is 594. The number of likely N-dealkylation sites (tertiary alicyclic amines) is 2. The second kappa shape index (κ2) is 8.57. The standard InChI is InChI=1S/C16H25N5O3S/c1-2-24-15(22)13-14(25-19-18-13)17-16(23)21-10-6-12(7-11-21)20-8-4-3-5-9-20/h12H,2-11H2,1H3,(H,17,23). The number of anilines is 1. The Labute approximate surface area is 151 Å². The number of ether oxygens (including phenoxy) is 1. The molecule has 0 radical (unpaired) electrons. The van der Waals surface area contributed by atoms with Gasteiger partial charge in [0.25, 0.3) is 0 Å². The fourth-order valence-corrected chi connectivity index (χ4v) is 4.05. The van der Waals surface area contributed by atoms with E-state index < -0.39 is 5.97 Å². The molecule has 2 amide bonds. The maximum atomic E-state index is 12.5. The Morgan fingerprint density at radius 3 is 2.60 bits per heavy atom. The van der Waals surface area contributed by atoms with Gasteiger partial charge in [-0.25, -0.2) is 9.59 Å². The molecule has 138 valence electrons. The van der Waals surface area contributed by atoms with Crippen molar-refractivity contribution >= 4 is 28.5 Å². The van der Waals surface area contributed by atoms with Crippen LogP contribution in [-0.2, 0) is 4.74 Å². The zero-order chi connectivity index (χ0) is 17.6. The minimum absolute atomic E-state index is 0.0726. The van der Waals surface area contributed by atoms with E-state index in [2.05, 4.69) is 19.8 Å². The van der Waals surface area contributed by atoms with E-state index in [4.69, 9.17) is 4.74 Å². The number of esters is 1. The van der Waals surface area contributed by atoms with Crippen molar-refractivity contribution in [3.8, 4) is 0 Å². The maximum absolute atomic E-state index is 12.5. The Balaban J connectivity index is 1.51. The fourth-order valence-electron chi connectivity index (χ4n) is 3.50. The van der Waals surface area contributed by atoms with Gasteiger partial charge in [0.2, 0.25) is 5.69 Å². The number of amides is 2. The largest absolute Gasteiger partial charge is 0.461 e. The Kier molecular flexibility index (Phi) is 6.19. The van der Waals surface area contributed by atoms with Crippen molar-refractivity contribution in [1.29, 1.82) is 0 Å². The molecule has 3 heterocycles. The Hall–Kier alpha value is -1.74. The van der Waals surface area contributed by atoms with Gasteiger partial charge in [-0.3, -0.25) is 5.32 Å². The van der Waals surface area contributed by atoms with Gasteiger partial charge in [-0.15, -0.1) is 5.10 Å². The van der Waals surface area contributed by atoms with Crippen molar-refractivity contribution in [2.45, 2.75) is 45.1 Å². The summed E-state index contributed by atoms with van der Waals surface area (Å²) in [5, 5.41) is 6.87. The Morgan fingerprint density at radius 1 is 1.20 bits per heavy atom. The molecule has 8 nitrogen and oxygen atoms in total. The highest BCUT2D eigenvalue weighted by atomic mass is 32.1. The highest BCUT2D eigenvalue weighted by molar-refractivity contribution is 7.10. The van der Waals surface area contributed by atoms with E-state index in [1.807, 2.05) is 0 Å². The van der Waals surface area contributed by atoms with Crippen LogP contribution in [0.3, 0.4) is 0 Å². The number of rotatable bonds is 4. The van der Waals surface area contributed by atoms with Crippen LogP contribution in [0.25, 0.3) is 0 Å². The Morgan fingerprint density at radius 2 is 1.92 bits per heavy atom. The predicted molar refractivity (Wildman–Crippen MR) is 94.9 cm³/mol. The second-order valence-corrected chi connectivity index (χ2v) is 7.17. The minimum atomic E-state index is -0.560. The topological polar surface area (TPSA) is 87.7 Å². The van der Waals surface area contributed by atoms with Gasteiger partial charge in [0.1, 0.15) is 0 Å². The molecule has 2 aliphatic rings. The average molecular weight is 367 g/mol. The van der Waals surface area contributed by atoms with Crippen LogP contribution in [0, 0.1) is 0 Å². The van der Waals surface area contributed by atoms with E-state index in [0.717, 1.165) is 37.5 Å². The molecule has 1 N–H and O–H groups in total. The van der Waals surface area contributed by atoms with E-state index in [9.17, 15) is 9.59 Å². The lowest BCUT2D eigenvalue weighted by atomic mass is 10.0. The smallest absolute Gasteiger partial charge is 0.362 e. The molecule has 2 fully saturated rings. The maximum Gasteiger partial charge on any atom is 0.362 e. The molecule has 0 atom stereocenters.